The summed E-state index contributed by atoms with van der Waals surface area (Å²) in [6.07, 6.45) is 0. The van der Waals surface area contributed by atoms with E-state index in [1.165, 1.54) is 0 Å². The van der Waals surface area contributed by atoms with Crippen molar-refractivity contribution in [3.8, 4) is 0 Å². The molecule has 0 saturated carbocycles. The molecule has 0 aliphatic heterocycles. The smallest absolute Gasteiger partial charge is 0.0110 e. The molecule has 0 aliphatic carbocycles. The van der Waals surface area contributed by atoms with Gasteiger partial charge in [-0.15, -0.1) is 0 Å². The lowest BCUT2D eigenvalue weighted by molar-refractivity contribution is 0.165. The summed E-state index contributed by atoms with van der Waals surface area (Å²) in [5, 5.41) is 6.84. The van der Waals surface area contributed by atoms with E-state index in [4.69, 9.17) is 28.7 Å². The summed E-state index contributed by atoms with van der Waals surface area (Å²) in [4.78, 5) is 9.80. The Bertz CT molecular complexity index is 383. The molecule has 0 bridgehead atoms. The third-order valence-electron chi connectivity index (χ3n) is 5.76. The predicted octanol–water partition coefficient (Wildman–Crippen LogP) is -3.81. The molecule has 11 heteroatoms. The molecule has 0 aromatic heterocycles. The first-order chi connectivity index (χ1) is 16.1. The third-order valence-corrected chi connectivity index (χ3v) is 5.76. The van der Waals surface area contributed by atoms with E-state index in [0.29, 0.717) is 32.7 Å². The molecule has 0 unspecified atom stereocenters. The molecule has 0 saturated heterocycles. The minimum atomic E-state index is 0.660. The molecule has 0 fully saturated rings. The normalized spacial score (nSPS) is 12.2. The second-order valence-electron chi connectivity index (χ2n) is 8.41. The zero-order valence-corrected chi connectivity index (χ0v) is 21.5. The number of hydrogen-bond donors (Lipinski definition) is 7. The molecule has 0 radical (unpaired) electrons. The highest BCUT2D eigenvalue weighted by molar-refractivity contribution is 4.71. The fourth-order valence-electron chi connectivity index (χ4n) is 3.80. The summed E-state index contributed by atoms with van der Waals surface area (Å²) >= 11 is 0. The van der Waals surface area contributed by atoms with E-state index in [9.17, 15) is 0 Å². The van der Waals surface area contributed by atoms with Gasteiger partial charge in [0.05, 0.1) is 0 Å². The Kier molecular flexibility index (Phi) is 24.3. The number of hydrogen-bond acceptors (Lipinski definition) is 11. The second-order valence-corrected chi connectivity index (χ2v) is 8.41. The van der Waals surface area contributed by atoms with Crippen LogP contribution in [-0.4, -0.2) is 157 Å². The maximum absolute atomic E-state index is 5.91. The Balaban J connectivity index is 4.75. The molecule has 0 aromatic carbocycles. The van der Waals surface area contributed by atoms with Crippen LogP contribution in [0.2, 0.25) is 0 Å². The van der Waals surface area contributed by atoms with Gasteiger partial charge in [-0.1, -0.05) is 6.92 Å². The van der Waals surface area contributed by atoms with Crippen molar-refractivity contribution >= 4 is 0 Å². The van der Waals surface area contributed by atoms with Gasteiger partial charge >= 0.3 is 0 Å². The molecular weight excluding hydrogens is 418 g/mol. The minimum absolute atomic E-state index is 0.660. The van der Waals surface area contributed by atoms with Crippen LogP contribution < -0.4 is 39.3 Å². The maximum Gasteiger partial charge on any atom is 0.0110 e. The third kappa shape index (κ3) is 19.5. The van der Waals surface area contributed by atoms with Crippen LogP contribution in [0.5, 0.6) is 0 Å². The van der Waals surface area contributed by atoms with Gasteiger partial charge in [-0.25, -0.2) is 0 Å². The van der Waals surface area contributed by atoms with Crippen LogP contribution in [0.4, 0.5) is 0 Å². The van der Waals surface area contributed by atoms with Crippen molar-refractivity contribution in [2.45, 2.75) is 6.92 Å². The lowest BCUT2D eigenvalue weighted by Crippen LogP contribution is -2.46. The summed E-state index contributed by atoms with van der Waals surface area (Å²) < 4.78 is 0. The van der Waals surface area contributed by atoms with Crippen molar-refractivity contribution in [2.24, 2.45) is 28.7 Å². The van der Waals surface area contributed by atoms with Gasteiger partial charge in [0.25, 0.3) is 0 Å². The first kappa shape index (κ1) is 32.6. The quantitative estimate of drug-likeness (QED) is 0.0613. The number of rotatable bonds is 26. The van der Waals surface area contributed by atoms with E-state index in [2.05, 4.69) is 37.2 Å². The molecule has 33 heavy (non-hydrogen) atoms. The van der Waals surface area contributed by atoms with Gasteiger partial charge in [0.1, 0.15) is 0 Å². The molecule has 12 N–H and O–H groups in total. The largest absolute Gasteiger partial charge is 0.329 e. The Morgan fingerprint density at radius 1 is 0.394 bits per heavy atom. The fourth-order valence-corrected chi connectivity index (χ4v) is 3.80. The summed E-state index contributed by atoms with van der Waals surface area (Å²) in [6, 6.07) is 0. The van der Waals surface area contributed by atoms with Crippen LogP contribution in [0.3, 0.4) is 0 Å². The van der Waals surface area contributed by atoms with Crippen LogP contribution in [0.15, 0.2) is 0 Å². The molecule has 200 valence electrons. The van der Waals surface area contributed by atoms with E-state index in [1.807, 2.05) is 0 Å². The van der Waals surface area contributed by atoms with Gasteiger partial charge in [0.15, 0.2) is 0 Å². The van der Waals surface area contributed by atoms with E-state index in [1.54, 1.807) is 0 Å². The molecule has 0 heterocycles. The van der Waals surface area contributed by atoms with Crippen molar-refractivity contribution < 1.29 is 0 Å². The highest BCUT2D eigenvalue weighted by Gasteiger charge is 2.13. The van der Waals surface area contributed by atoms with Crippen LogP contribution >= 0.6 is 0 Å². The van der Waals surface area contributed by atoms with Gasteiger partial charge in [-0.2, -0.15) is 0 Å². The van der Waals surface area contributed by atoms with Crippen LogP contribution in [-0.2, 0) is 0 Å². The van der Waals surface area contributed by atoms with Crippen molar-refractivity contribution in [1.82, 2.24) is 30.2 Å². The number of likely N-dealkylation sites (N-methyl/N-ethyl adjacent to an activating group) is 1. The molecular formula is C22H57N11. The minimum Gasteiger partial charge on any atom is -0.329 e. The van der Waals surface area contributed by atoms with Crippen LogP contribution in [0, 0.1) is 0 Å². The van der Waals surface area contributed by atoms with Gasteiger partial charge < -0.3 is 39.3 Å². The molecule has 0 spiro atoms. The summed E-state index contributed by atoms with van der Waals surface area (Å²) in [5.74, 6) is 0. The molecule has 0 aliphatic rings. The molecule has 0 atom stereocenters. The summed E-state index contributed by atoms with van der Waals surface area (Å²) in [7, 11) is 0. The molecule has 0 amide bonds. The molecule has 0 rings (SSSR count). The fraction of sp³-hybridized carbons (Fsp3) is 1.00. The van der Waals surface area contributed by atoms with Gasteiger partial charge in [0.2, 0.25) is 0 Å². The lowest BCUT2D eigenvalue weighted by atomic mass is 10.3. The van der Waals surface area contributed by atoms with E-state index >= 15 is 0 Å². The van der Waals surface area contributed by atoms with Gasteiger partial charge in [0, 0.05) is 131 Å². The number of nitrogens with two attached hydrogens (primary N) is 5. The van der Waals surface area contributed by atoms with Gasteiger partial charge in [-0.05, 0) is 6.54 Å². The summed E-state index contributed by atoms with van der Waals surface area (Å²) in [5.41, 5.74) is 28.9. The van der Waals surface area contributed by atoms with Crippen molar-refractivity contribution in [3.05, 3.63) is 0 Å². The Morgan fingerprint density at radius 2 is 0.727 bits per heavy atom. The van der Waals surface area contributed by atoms with Crippen molar-refractivity contribution in [2.75, 3.05) is 137 Å². The first-order valence-electron chi connectivity index (χ1n) is 13.0. The standard InChI is InChI=1S/C22H57N11/c1-2-28-9-15-31(13-6-26)18-21-33(16-10-29-8-3-23)22-20-32(14-7-27)19-17-30(11-4-24)12-5-25/h28-29H,2-27H2,1H3. The zero-order chi connectivity index (χ0) is 24.6. The van der Waals surface area contributed by atoms with Crippen LogP contribution in [0.25, 0.3) is 0 Å². The maximum atomic E-state index is 5.91. The average Bonchev–Trinajstić information content (AvgIpc) is 2.81. The average molecular weight is 476 g/mol. The van der Waals surface area contributed by atoms with E-state index in [0.717, 1.165) is 105 Å². The van der Waals surface area contributed by atoms with Crippen molar-refractivity contribution in [1.29, 1.82) is 0 Å². The van der Waals surface area contributed by atoms with Crippen LogP contribution in [0.1, 0.15) is 6.92 Å². The Morgan fingerprint density at radius 3 is 1.09 bits per heavy atom. The van der Waals surface area contributed by atoms with Crippen molar-refractivity contribution in [3.63, 3.8) is 0 Å². The lowest BCUT2D eigenvalue weighted by Gasteiger charge is -2.31. The molecule has 11 nitrogen and oxygen atoms in total. The molecule has 0 aromatic rings. The number of nitrogens with zero attached hydrogens (tertiary/aromatic N) is 4. The monoisotopic (exact) mass is 475 g/mol. The van der Waals surface area contributed by atoms with E-state index < -0.39 is 0 Å². The Hall–Kier alpha value is -0.440. The topological polar surface area (TPSA) is 167 Å². The SMILES string of the molecule is CCNCCN(CCN)CCN(CCNCCN)CCN(CCN)CCN(CCN)CCN. The first-order valence-corrected chi connectivity index (χ1v) is 13.0. The zero-order valence-electron chi connectivity index (χ0n) is 21.5. The van der Waals surface area contributed by atoms with Gasteiger partial charge in [-0.3, -0.25) is 19.6 Å². The number of nitrogens with one attached hydrogen (secondary N) is 2. The predicted molar refractivity (Wildman–Crippen MR) is 142 cm³/mol. The highest BCUT2D eigenvalue weighted by atomic mass is 15.2. The van der Waals surface area contributed by atoms with E-state index in [-0.39, 0.29) is 0 Å². The Labute approximate surface area is 203 Å². The second kappa shape index (κ2) is 24.7. The summed E-state index contributed by atoms with van der Waals surface area (Å²) in [6.45, 7) is 21.0. The highest BCUT2D eigenvalue weighted by Crippen LogP contribution is 1.97.